The van der Waals surface area contributed by atoms with Crippen molar-refractivity contribution in [1.29, 1.82) is 5.26 Å². The summed E-state index contributed by atoms with van der Waals surface area (Å²) in [7, 11) is 0. The molecular formula is C11H14N4. The fourth-order valence-corrected chi connectivity index (χ4v) is 1.95. The minimum absolute atomic E-state index is 0.374. The molecule has 1 saturated heterocycles. The van der Waals surface area contributed by atoms with E-state index in [9.17, 15) is 0 Å². The van der Waals surface area contributed by atoms with Gasteiger partial charge in [-0.15, -0.1) is 0 Å². The van der Waals surface area contributed by atoms with Gasteiger partial charge < -0.3 is 4.90 Å². The second-order valence-electron chi connectivity index (χ2n) is 4.07. The summed E-state index contributed by atoms with van der Waals surface area (Å²) < 4.78 is 0. The molecule has 15 heavy (non-hydrogen) atoms. The van der Waals surface area contributed by atoms with Gasteiger partial charge in [-0.3, -0.25) is 0 Å². The molecule has 0 spiro atoms. The summed E-state index contributed by atoms with van der Waals surface area (Å²) >= 11 is 0. The lowest BCUT2D eigenvalue weighted by molar-refractivity contribution is 0.544. The van der Waals surface area contributed by atoms with Crippen molar-refractivity contribution in [3.63, 3.8) is 0 Å². The monoisotopic (exact) mass is 202 g/mol. The standard InChI is InChI=1S/C11H14N4/c1-8-3-4-15(9(8)2)11-7-13-10(5-12)6-14-11/h6-9H,3-4H2,1-2H3. The zero-order valence-electron chi connectivity index (χ0n) is 9.01. The van der Waals surface area contributed by atoms with Gasteiger partial charge >= 0.3 is 0 Å². The smallest absolute Gasteiger partial charge is 0.158 e. The van der Waals surface area contributed by atoms with E-state index in [0.717, 1.165) is 12.4 Å². The van der Waals surface area contributed by atoms with Crippen LogP contribution in [0, 0.1) is 17.2 Å². The van der Waals surface area contributed by atoms with Crippen LogP contribution in [0.2, 0.25) is 0 Å². The summed E-state index contributed by atoms with van der Waals surface area (Å²) in [6.45, 7) is 5.49. The topological polar surface area (TPSA) is 52.8 Å². The molecule has 0 aromatic carbocycles. The highest BCUT2D eigenvalue weighted by molar-refractivity contribution is 5.40. The van der Waals surface area contributed by atoms with E-state index in [-0.39, 0.29) is 0 Å². The Morgan fingerprint density at radius 1 is 1.40 bits per heavy atom. The minimum Gasteiger partial charge on any atom is -0.352 e. The predicted octanol–water partition coefficient (Wildman–Crippen LogP) is 1.58. The number of hydrogen-bond acceptors (Lipinski definition) is 4. The fourth-order valence-electron chi connectivity index (χ4n) is 1.95. The molecule has 1 fully saturated rings. The molecule has 1 aromatic rings. The van der Waals surface area contributed by atoms with Crippen molar-refractivity contribution < 1.29 is 0 Å². The number of aromatic nitrogens is 2. The molecule has 1 aliphatic rings. The van der Waals surface area contributed by atoms with Crippen molar-refractivity contribution in [2.45, 2.75) is 26.3 Å². The van der Waals surface area contributed by atoms with Crippen LogP contribution in [-0.4, -0.2) is 22.6 Å². The molecule has 0 radical (unpaired) electrons. The first-order valence-corrected chi connectivity index (χ1v) is 5.21. The number of rotatable bonds is 1. The lowest BCUT2D eigenvalue weighted by atomic mass is 10.1. The van der Waals surface area contributed by atoms with Gasteiger partial charge in [0.1, 0.15) is 11.9 Å². The average Bonchev–Trinajstić information content (AvgIpc) is 2.60. The molecule has 4 heteroatoms. The number of anilines is 1. The average molecular weight is 202 g/mol. The molecule has 0 bridgehead atoms. The van der Waals surface area contributed by atoms with Gasteiger partial charge in [-0.1, -0.05) is 6.92 Å². The van der Waals surface area contributed by atoms with Crippen molar-refractivity contribution in [2.24, 2.45) is 5.92 Å². The molecule has 1 aliphatic heterocycles. The van der Waals surface area contributed by atoms with Crippen molar-refractivity contribution >= 4 is 5.82 Å². The van der Waals surface area contributed by atoms with Crippen LogP contribution in [0.4, 0.5) is 5.82 Å². The van der Waals surface area contributed by atoms with Gasteiger partial charge in [0.25, 0.3) is 0 Å². The first kappa shape index (κ1) is 9.91. The zero-order chi connectivity index (χ0) is 10.8. The highest BCUT2D eigenvalue weighted by Crippen LogP contribution is 2.27. The third kappa shape index (κ3) is 1.78. The van der Waals surface area contributed by atoms with E-state index in [1.807, 2.05) is 6.07 Å². The van der Waals surface area contributed by atoms with Crippen molar-refractivity contribution in [2.75, 3.05) is 11.4 Å². The van der Waals surface area contributed by atoms with E-state index in [1.165, 1.54) is 12.6 Å². The van der Waals surface area contributed by atoms with Crippen LogP contribution < -0.4 is 4.90 Å². The maximum Gasteiger partial charge on any atom is 0.158 e. The Balaban J connectivity index is 2.20. The second kappa shape index (κ2) is 3.85. The quantitative estimate of drug-likeness (QED) is 0.693. The molecule has 0 saturated carbocycles. The van der Waals surface area contributed by atoms with Crippen molar-refractivity contribution in [3.8, 4) is 6.07 Å². The largest absolute Gasteiger partial charge is 0.352 e. The Labute approximate surface area is 89.6 Å². The van der Waals surface area contributed by atoms with Gasteiger partial charge in [0, 0.05) is 12.6 Å². The minimum atomic E-state index is 0.374. The first-order valence-electron chi connectivity index (χ1n) is 5.21. The third-order valence-corrected chi connectivity index (χ3v) is 3.19. The number of hydrogen-bond donors (Lipinski definition) is 0. The van der Waals surface area contributed by atoms with E-state index >= 15 is 0 Å². The lowest BCUT2D eigenvalue weighted by Crippen LogP contribution is -2.29. The molecule has 2 heterocycles. The molecule has 2 rings (SSSR count). The van der Waals surface area contributed by atoms with E-state index in [0.29, 0.717) is 17.7 Å². The van der Waals surface area contributed by atoms with Crippen molar-refractivity contribution in [1.82, 2.24) is 9.97 Å². The van der Waals surface area contributed by atoms with E-state index < -0.39 is 0 Å². The zero-order valence-corrected chi connectivity index (χ0v) is 9.01. The molecule has 0 N–H and O–H groups in total. The van der Waals surface area contributed by atoms with Gasteiger partial charge in [-0.2, -0.15) is 5.26 Å². The SMILES string of the molecule is CC1CCN(c2cnc(C#N)cn2)C1C. The van der Waals surface area contributed by atoms with Crippen LogP contribution in [0.5, 0.6) is 0 Å². The van der Waals surface area contributed by atoms with E-state index in [4.69, 9.17) is 5.26 Å². The Morgan fingerprint density at radius 2 is 2.20 bits per heavy atom. The maximum atomic E-state index is 8.62. The van der Waals surface area contributed by atoms with Crippen LogP contribution in [0.25, 0.3) is 0 Å². The highest BCUT2D eigenvalue weighted by atomic mass is 15.2. The molecule has 1 aromatic heterocycles. The predicted molar refractivity (Wildman–Crippen MR) is 57.3 cm³/mol. The number of nitrogens with zero attached hydrogens (tertiary/aromatic N) is 4. The molecular weight excluding hydrogens is 188 g/mol. The lowest BCUT2D eigenvalue weighted by Gasteiger charge is -2.23. The van der Waals surface area contributed by atoms with Crippen LogP contribution in [0.3, 0.4) is 0 Å². The molecule has 2 atom stereocenters. The molecule has 0 aliphatic carbocycles. The molecule has 2 unspecified atom stereocenters. The first-order chi connectivity index (χ1) is 7.22. The maximum absolute atomic E-state index is 8.62. The summed E-state index contributed by atoms with van der Waals surface area (Å²) in [5.74, 6) is 1.58. The van der Waals surface area contributed by atoms with Gasteiger partial charge in [-0.05, 0) is 19.3 Å². The number of nitriles is 1. The molecule has 4 nitrogen and oxygen atoms in total. The summed E-state index contributed by atoms with van der Waals surface area (Å²) in [5.41, 5.74) is 0.374. The van der Waals surface area contributed by atoms with Crippen molar-refractivity contribution in [3.05, 3.63) is 18.1 Å². The molecule has 78 valence electrons. The van der Waals surface area contributed by atoms with Crippen LogP contribution >= 0.6 is 0 Å². The Hall–Kier alpha value is -1.63. The van der Waals surface area contributed by atoms with E-state index in [1.54, 1.807) is 6.20 Å². The van der Waals surface area contributed by atoms with Gasteiger partial charge in [-0.25, -0.2) is 9.97 Å². The Bertz CT molecular complexity index is 379. The van der Waals surface area contributed by atoms with Gasteiger partial charge in [0.2, 0.25) is 0 Å². The van der Waals surface area contributed by atoms with Gasteiger partial charge in [0.15, 0.2) is 5.69 Å². The summed E-state index contributed by atoms with van der Waals surface area (Å²) in [5, 5.41) is 8.62. The molecule has 0 amide bonds. The third-order valence-electron chi connectivity index (χ3n) is 3.19. The van der Waals surface area contributed by atoms with Crippen LogP contribution in [0.15, 0.2) is 12.4 Å². The summed E-state index contributed by atoms with van der Waals surface area (Å²) in [4.78, 5) is 10.5. The van der Waals surface area contributed by atoms with Crippen LogP contribution in [-0.2, 0) is 0 Å². The fraction of sp³-hybridized carbons (Fsp3) is 0.545. The Kier molecular flexibility index (Phi) is 2.55. The normalized spacial score (nSPS) is 25.3. The highest BCUT2D eigenvalue weighted by Gasteiger charge is 2.28. The Morgan fingerprint density at radius 3 is 2.67 bits per heavy atom. The second-order valence-corrected chi connectivity index (χ2v) is 4.07. The summed E-state index contributed by atoms with van der Waals surface area (Å²) in [6, 6.07) is 2.48. The summed E-state index contributed by atoms with van der Waals surface area (Å²) in [6.07, 6.45) is 4.42. The van der Waals surface area contributed by atoms with Crippen LogP contribution in [0.1, 0.15) is 26.0 Å². The van der Waals surface area contributed by atoms with Gasteiger partial charge in [0.05, 0.1) is 12.4 Å². The van der Waals surface area contributed by atoms with E-state index in [2.05, 4.69) is 28.7 Å².